The zero-order valence-corrected chi connectivity index (χ0v) is 15.3. The summed E-state index contributed by atoms with van der Waals surface area (Å²) in [7, 11) is 4.15. The molecule has 4 bridgehead atoms. The van der Waals surface area contributed by atoms with Gasteiger partial charge in [0.15, 0.2) is 0 Å². The normalized spacial score (nSPS) is 39.0. The van der Waals surface area contributed by atoms with Crippen molar-refractivity contribution in [2.24, 2.45) is 22.2 Å². The number of allylic oxidation sites excluding steroid dienone is 1. The van der Waals surface area contributed by atoms with Crippen LogP contribution in [0.1, 0.15) is 45.4 Å². The van der Waals surface area contributed by atoms with Gasteiger partial charge in [-0.2, -0.15) is 0 Å². The van der Waals surface area contributed by atoms with Gasteiger partial charge < -0.3 is 14.2 Å². The van der Waals surface area contributed by atoms with Crippen molar-refractivity contribution in [3.8, 4) is 0 Å². The molecule has 0 aromatic rings. The third-order valence-corrected chi connectivity index (χ3v) is 6.38. The molecule has 6 heteroatoms. The molecule has 0 aliphatic heterocycles. The van der Waals surface area contributed by atoms with Crippen molar-refractivity contribution in [3.63, 3.8) is 0 Å². The number of hydrogen-bond donors (Lipinski definition) is 0. The second-order valence-corrected chi connectivity index (χ2v) is 8.23. The van der Waals surface area contributed by atoms with Crippen LogP contribution in [0.2, 0.25) is 0 Å². The third kappa shape index (κ3) is 2.66. The summed E-state index contributed by atoms with van der Waals surface area (Å²) < 4.78 is 15.0. The zero-order valence-electron chi connectivity index (χ0n) is 15.3. The summed E-state index contributed by atoms with van der Waals surface area (Å²) in [4.78, 5) is 37.2. The lowest BCUT2D eigenvalue weighted by atomic mass is 9.39. The van der Waals surface area contributed by atoms with Gasteiger partial charge in [-0.25, -0.2) is 4.79 Å². The molecule has 0 N–H and O–H groups in total. The first-order valence-corrected chi connectivity index (χ1v) is 8.68. The Morgan fingerprint density at radius 3 is 1.80 bits per heavy atom. The molecule has 4 fully saturated rings. The lowest BCUT2D eigenvalue weighted by molar-refractivity contribution is -0.199. The molecule has 138 valence electrons. The fourth-order valence-electron chi connectivity index (χ4n) is 6.24. The molecule has 0 aromatic carbocycles. The Hall–Kier alpha value is -1.85. The van der Waals surface area contributed by atoms with Gasteiger partial charge >= 0.3 is 17.9 Å². The van der Waals surface area contributed by atoms with Gasteiger partial charge in [0.05, 0.1) is 32.2 Å². The highest BCUT2D eigenvalue weighted by molar-refractivity contribution is 5.88. The van der Waals surface area contributed by atoms with Crippen LogP contribution >= 0.6 is 0 Å². The lowest BCUT2D eigenvalue weighted by Crippen LogP contribution is -2.61. The molecule has 0 aromatic heterocycles. The van der Waals surface area contributed by atoms with E-state index in [0.29, 0.717) is 24.8 Å². The van der Waals surface area contributed by atoms with Gasteiger partial charge in [0.25, 0.3) is 0 Å². The fraction of sp³-hybridized carbons (Fsp3) is 0.737. The number of methoxy groups -OCH3 is 3. The van der Waals surface area contributed by atoms with E-state index in [1.165, 1.54) is 21.3 Å². The first kappa shape index (κ1) is 18.0. The van der Waals surface area contributed by atoms with E-state index in [1.807, 2.05) is 6.08 Å². The first-order valence-electron chi connectivity index (χ1n) is 8.68. The number of esters is 3. The summed E-state index contributed by atoms with van der Waals surface area (Å²) in [5, 5.41) is 0. The van der Waals surface area contributed by atoms with Gasteiger partial charge in [0.1, 0.15) is 0 Å². The van der Waals surface area contributed by atoms with E-state index in [1.54, 1.807) is 6.92 Å². The van der Waals surface area contributed by atoms with E-state index in [-0.39, 0.29) is 29.2 Å². The SMILES string of the molecule is COC(=O)/C(C)=C/C12CC3CC(C(=O)OC)(C1)CC(C(=O)OC)(C3)C2. The summed E-state index contributed by atoms with van der Waals surface area (Å²) in [6.07, 6.45) is 5.98. The van der Waals surface area contributed by atoms with Crippen LogP contribution < -0.4 is 0 Å². The molecule has 4 rings (SSSR count). The molecule has 2 unspecified atom stereocenters. The molecular formula is C19H26O6. The van der Waals surface area contributed by atoms with Crippen LogP contribution in [0.5, 0.6) is 0 Å². The minimum absolute atomic E-state index is 0.246. The molecule has 0 radical (unpaired) electrons. The Bertz CT molecular complexity index is 616. The maximum absolute atomic E-state index is 12.6. The van der Waals surface area contributed by atoms with Crippen LogP contribution in [-0.4, -0.2) is 39.2 Å². The summed E-state index contributed by atoms with van der Waals surface area (Å²) >= 11 is 0. The standard InChI is InChI=1S/C19H26O6/c1-12(14(20)23-2)5-17-6-13-7-18(9-17,15(21)24-3)11-19(8-13,10-17)16(22)25-4/h5,13H,6-11H2,1-4H3/b12-5+. The van der Waals surface area contributed by atoms with Crippen molar-refractivity contribution >= 4 is 17.9 Å². The highest BCUT2D eigenvalue weighted by atomic mass is 16.5. The van der Waals surface area contributed by atoms with E-state index in [0.717, 1.165) is 19.3 Å². The summed E-state index contributed by atoms with van der Waals surface area (Å²) in [5.74, 6) is -0.636. The third-order valence-electron chi connectivity index (χ3n) is 6.38. The first-order chi connectivity index (χ1) is 11.7. The topological polar surface area (TPSA) is 78.9 Å². The van der Waals surface area contributed by atoms with E-state index in [4.69, 9.17) is 14.2 Å². The summed E-state index contributed by atoms with van der Waals surface area (Å²) in [6.45, 7) is 1.72. The van der Waals surface area contributed by atoms with Gasteiger partial charge in [0, 0.05) is 5.57 Å². The molecule has 4 saturated carbocycles. The molecule has 6 nitrogen and oxygen atoms in total. The minimum atomic E-state index is -0.671. The predicted molar refractivity (Wildman–Crippen MR) is 88.3 cm³/mol. The minimum Gasteiger partial charge on any atom is -0.469 e. The molecule has 0 spiro atoms. The van der Waals surface area contributed by atoms with Gasteiger partial charge in [0.2, 0.25) is 0 Å². The molecule has 2 atom stereocenters. The molecule has 0 heterocycles. The quantitative estimate of drug-likeness (QED) is 0.440. The van der Waals surface area contributed by atoms with E-state index in [2.05, 4.69) is 0 Å². The number of carbonyl (C=O) groups excluding carboxylic acids is 3. The van der Waals surface area contributed by atoms with Crippen molar-refractivity contribution in [1.82, 2.24) is 0 Å². The van der Waals surface area contributed by atoms with Crippen molar-refractivity contribution in [2.45, 2.75) is 45.4 Å². The monoisotopic (exact) mass is 350 g/mol. The van der Waals surface area contributed by atoms with Gasteiger partial charge in [-0.15, -0.1) is 0 Å². The average Bonchev–Trinajstić information content (AvgIpc) is 2.57. The van der Waals surface area contributed by atoms with Crippen LogP contribution in [-0.2, 0) is 28.6 Å². The maximum atomic E-state index is 12.6. The Morgan fingerprint density at radius 2 is 1.36 bits per heavy atom. The average molecular weight is 350 g/mol. The molecule has 25 heavy (non-hydrogen) atoms. The van der Waals surface area contributed by atoms with Gasteiger partial charge in [-0.05, 0) is 56.8 Å². The number of carbonyl (C=O) groups is 3. The Labute approximate surface area is 147 Å². The van der Waals surface area contributed by atoms with E-state index >= 15 is 0 Å². The van der Waals surface area contributed by atoms with Crippen LogP contribution in [0.15, 0.2) is 11.6 Å². The van der Waals surface area contributed by atoms with Crippen LogP contribution in [0.25, 0.3) is 0 Å². The molecule has 0 amide bonds. The van der Waals surface area contributed by atoms with Crippen LogP contribution in [0.4, 0.5) is 0 Å². The second-order valence-electron chi connectivity index (χ2n) is 8.23. The highest BCUT2D eigenvalue weighted by Crippen LogP contribution is 2.70. The second kappa shape index (κ2) is 5.85. The van der Waals surface area contributed by atoms with Crippen LogP contribution in [0, 0.1) is 22.2 Å². The van der Waals surface area contributed by atoms with E-state index < -0.39 is 10.8 Å². The predicted octanol–water partition coefficient (Wildman–Crippen LogP) is 2.41. The van der Waals surface area contributed by atoms with Crippen molar-refractivity contribution in [2.75, 3.05) is 21.3 Å². The lowest BCUT2D eigenvalue weighted by Gasteiger charge is -2.63. The largest absolute Gasteiger partial charge is 0.469 e. The van der Waals surface area contributed by atoms with Crippen LogP contribution in [0.3, 0.4) is 0 Å². The van der Waals surface area contributed by atoms with Gasteiger partial charge in [-0.3, -0.25) is 9.59 Å². The number of ether oxygens (including phenoxy) is 3. The smallest absolute Gasteiger partial charge is 0.333 e. The fourth-order valence-corrected chi connectivity index (χ4v) is 6.24. The van der Waals surface area contributed by atoms with Crippen molar-refractivity contribution in [1.29, 1.82) is 0 Å². The maximum Gasteiger partial charge on any atom is 0.333 e. The molecule has 4 aliphatic rings. The zero-order chi connectivity index (χ0) is 18.5. The Kier molecular flexibility index (Phi) is 4.20. The van der Waals surface area contributed by atoms with Gasteiger partial charge in [-0.1, -0.05) is 6.08 Å². The van der Waals surface area contributed by atoms with E-state index in [9.17, 15) is 14.4 Å². The molecule has 4 aliphatic carbocycles. The number of hydrogen-bond acceptors (Lipinski definition) is 6. The highest BCUT2D eigenvalue weighted by Gasteiger charge is 2.68. The Morgan fingerprint density at radius 1 is 0.840 bits per heavy atom. The summed E-state index contributed by atoms with van der Waals surface area (Å²) in [6, 6.07) is 0. The van der Waals surface area contributed by atoms with Crippen molar-refractivity contribution in [3.05, 3.63) is 11.6 Å². The summed E-state index contributed by atoms with van der Waals surface area (Å²) in [5.41, 5.74) is -1.20. The molecule has 0 saturated heterocycles. The molecular weight excluding hydrogens is 324 g/mol. The Balaban J connectivity index is 2.08. The van der Waals surface area contributed by atoms with Crippen molar-refractivity contribution < 1.29 is 28.6 Å². The number of rotatable bonds is 4.